The van der Waals surface area contributed by atoms with Crippen molar-refractivity contribution in [1.82, 2.24) is 0 Å². The van der Waals surface area contributed by atoms with Gasteiger partial charge in [0.2, 0.25) is 0 Å². The lowest BCUT2D eigenvalue weighted by atomic mass is 9.92. The molecule has 1 heterocycles. The third-order valence-electron chi connectivity index (χ3n) is 3.44. The van der Waals surface area contributed by atoms with Crippen LogP contribution in [0.15, 0.2) is 59.5 Å². The van der Waals surface area contributed by atoms with E-state index in [1.165, 1.54) is 0 Å². The summed E-state index contributed by atoms with van der Waals surface area (Å²) in [5.74, 6) is 0.866. The van der Waals surface area contributed by atoms with E-state index < -0.39 is 4.32 Å². The monoisotopic (exact) mass is 410 g/mol. The van der Waals surface area contributed by atoms with Crippen LogP contribution in [-0.4, -0.2) is 15.9 Å². The second kappa shape index (κ2) is 5.66. The smallest absolute Gasteiger partial charge is 0.182 e. The predicted molar refractivity (Wildman–Crippen MR) is 91.3 cm³/mol. The van der Waals surface area contributed by atoms with Gasteiger partial charge in [0.25, 0.3) is 0 Å². The van der Waals surface area contributed by atoms with Crippen LogP contribution in [0.4, 0.5) is 0 Å². The maximum absolute atomic E-state index is 12.9. The van der Waals surface area contributed by atoms with Gasteiger partial charge in [-0.3, -0.25) is 4.79 Å². The summed E-state index contributed by atoms with van der Waals surface area (Å²) >= 11 is 9.16. The van der Waals surface area contributed by atoms with Crippen LogP contribution in [0.5, 0.6) is 0 Å². The first-order valence-electron chi connectivity index (χ1n) is 6.27. The number of rotatable bonds is 2. The first-order valence-corrected chi connectivity index (χ1v) is 8.97. The lowest BCUT2D eigenvalue weighted by Gasteiger charge is -2.35. The molecular weight excluding hydrogens is 400 g/mol. The van der Waals surface area contributed by atoms with E-state index in [0.29, 0.717) is 5.75 Å². The fourth-order valence-electron chi connectivity index (χ4n) is 2.33. The molecule has 20 heavy (non-hydrogen) atoms. The number of halogens is 2. The Hall–Kier alpha value is -0.580. The summed E-state index contributed by atoms with van der Waals surface area (Å²) in [4.78, 5) is 13.9. The van der Waals surface area contributed by atoms with Gasteiger partial charge in [-0.1, -0.05) is 80.4 Å². The van der Waals surface area contributed by atoms with Gasteiger partial charge in [0, 0.05) is 16.2 Å². The summed E-state index contributed by atoms with van der Waals surface area (Å²) in [7, 11) is 0. The van der Waals surface area contributed by atoms with Gasteiger partial charge in [0.05, 0.1) is 4.83 Å². The largest absolute Gasteiger partial charge is 0.292 e. The molecule has 2 aromatic rings. The Labute approximate surface area is 139 Å². The topological polar surface area (TPSA) is 17.1 Å². The van der Waals surface area contributed by atoms with Gasteiger partial charge in [-0.25, -0.2) is 0 Å². The third kappa shape index (κ3) is 2.38. The summed E-state index contributed by atoms with van der Waals surface area (Å²) in [5.41, 5.74) is 1.92. The van der Waals surface area contributed by atoms with Crippen LogP contribution < -0.4 is 0 Å². The number of thioether (sulfide) groups is 1. The van der Waals surface area contributed by atoms with Crippen molar-refractivity contribution < 1.29 is 4.79 Å². The predicted octanol–water partition coefficient (Wildman–Crippen LogP) is 5.24. The summed E-state index contributed by atoms with van der Waals surface area (Å²) in [5, 5.41) is 0. The van der Waals surface area contributed by atoms with Gasteiger partial charge < -0.3 is 0 Å². The molecule has 2 aromatic carbocycles. The van der Waals surface area contributed by atoms with Crippen molar-refractivity contribution in [1.29, 1.82) is 0 Å². The van der Waals surface area contributed by atoms with Gasteiger partial charge in [-0.2, -0.15) is 0 Å². The minimum absolute atomic E-state index is 0.0513. The molecule has 0 saturated carbocycles. The van der Waals surface area contributed by atoms with E-state index in [0.717, 1.165) is 16.0 Å². The minimum atomic E-state index is -0.604. The molecular formula is C16H12Br2OS. The molecule has 0 fully saturated rings. The quantitative estimate of drug-likeness (QED) is 0.628. The standard InChI is InChI=1S/C16H12Br2OS/c17-14(11-6-2-1-3-7-11)16(18)10-20-13-9-5-4-8-12(13)15(16)19/h1-9,14H,10H2/t14-,16-/m0/s1. The molecule has 0 spiro atoms. The zero-order valence-electron chi connectivity index (χ0n) is 10.6. The molecule has 1 nitrogen and oxygen atoms in total. The molecule has 0 N–H and O–H groups in total. The molecule has 3 rings (SSSR count). The summed E-state index contributed by atoms with van der Waals surface area (Å²) in [6, 6.07) is 17.9. The van der Waals surface area contributed by atoms with E-state index in [2.05, 4.69) is 31.9 Å². The Kier molecular flexibility index (Phi) is 4.07. The molecule has 0 aliphatic carbocycles. The van der Waals surface area contributed by atoms with Crippen LogP contribution >= 0.6 is 43.6 Å². The molecule has 4 heteroatoms. The van der Waals surface area contributed by atoms with Crippen molar-refractivity contribution in [3.63, 3.8) is 0 Å². The molecule has 0 radical (unpaired) electrons. The van der Waals surface area contributed by atoms with Crippen molar-refractivity contribution in [2.45, 2.75) is 14.0 Å². The number of carbonyl (C=O) groups is 1. The average molecular weight is 412 g/mol. The van der Waals surface area contributed by atoms with Crippen molar-refractivity contribution in [2.24, 2.45) is 0 Å². The lowest BCUT2D eigenvalue weighted by Crippen LogP contribution is -2.41. The highest BCUT2D eigenvalue weighted by molar-refractivity contribution is 9.12. The normalized spacial score (nSPS) is 23.2. The van der Waals surface area contributed by atoms with E-state index in [-0.39, 0.29) is 10.6 Å². The molecule has 0 aromatic heterocycles. The second-order valence-corrected chi connectivity index (χ2v) is 8.10. The fraction of sp³-hybridized carbons (Fsp3) is 0.188. The summed E-state index contributed by atoms with van der Waals surface area (Å²) in [6.07, 6.45) is 0. The zero-order valence-corrected chi connectivity index (χ0v) is 14.5. The van der Waals surface area contributed by atoms with Crippen LogP contribution in [-0.2, 0) is 0 Å². The number of hydrogen-bond acceptors (Lipinski definition) is 2. The summed E-state index contributed by atoms with van der Waals surface area (Å²) in [6.45, 7) is 0. The van der Waals surface area contributed by atoms with Gasteiger partial charge in [-0.05, 0) is 11.6 Å². The SMILES string of the molecule is O=C1c2ccccc2SC[C@]1(Br)[C@@H](Br)c1ccccc1. The maximum Gasteiger partial charge on any atom is 0.182 e. The Balaban J connectivity index is 2.00. The van der Waals surface area contributed by atoms with Crippen LogP contribution in [0.2, 0.25) is 0 Å². The van der Waals surface area contributed by atoms with Crippen LogP contribution in [0, 0.1) is 0 Å². The van der Waals surface area contributed by atoms with Crippen molar-refractivity contribution >= 4 is 49.4 Å². The van der Waals surface area contributed by atoms with Crippen LogP contribution in [0.1, 0.15) is 20.7 Å². The average Bonchev–Trinajstić information content (AvgIpc) is 2.51. The number of fused-ring (bicyclic) bond motifs is 1. The van der Waals surface area contributed by atoms with Gasteiger partial charge in [0.1, 0.15) is 4.32 Å². The highest BCUT2D eigenvalue weighted by Crippen LogP contribution is 2.49. The Morgan fingerprint density at radius 3 is 2.45 bits per heavy atom. The molecule has 0 amide bonds. The third-order valence-corrected chi connectivity index (χ3v) is 8.10. The molecule has 0 saturated heterocycles. The van der Waals surface area contributed by atoms with Crippen LogP contribution in [0.3, 0.4) is 0 Å². The number of hydrogen-bond donors (Lipinski definition) is 0. The Morgan fingerprint density at radius 1 is 1.05 bits per heavy atom. The van der Waals surface area contributed by atoms with Gasteiger partial charge >= 0.3 is 0 Å². The molecule has 0 bridgehead atoms. The highest BCUT2D eigenvalue weighted by Gasteiger charge is 2.46. The second-order valence-electron chi connectivity index (χ2n) is 4.75. The molecule has 0 unspecified atom stereocenters. The maximum atomic E-state index is 12.9. The van der Waals surface area contributed by atoms with Gasteiger partial charge in [-0.15, -0.1) is 11.8 Å². The minimum Gasteiger partial charge on any atom is -0.292 e. The Bertz CT molecular complexity index is 644. The van der Waals surface area contributed by atoms with E-state index in [9.17, 15) is 4.79 Å². The van der Waals surface area contributed by atoms with Crippen molar-refractivity contribution in [2.75, 3.05) is 5.75 Å². The van der Waals surface area contributed by atoms with Crippen molar-refractivity contribution in [3.8, 4) is 0 Å². The highest BCUT2D eigenvalue weighted by atomic mass is 79.9. The summed E-state index contributed by atoms with van der Waals surface area (Å²) < 4.78 is -0.604. The molecule has 102 valence electrons. The zero-order chi connectivity index (χ0) is 14.2. The number of Topliss-reactive ketones (excluding diaryl/α,β-unsaturated/α-hetero) is 1. The first-order chi connectivity index (χ1) is 9.63. The van der Waals surface area contributed by atoms with Crippen LogP contribution in [0.25, 0.3) is 0 Å². The van der Waals surface area contributed by atoms with E-state index >= 15 is 0 Å². The number of alkyl halides is 2. The number of ketones is 1. The Morgan fingerprint density at radius 2 is 1.70 bits per heavy atom. The number of carbonyl (C=O) groups excluding carboxylic acids is 1. The first kappa shape index (κ1) is 14.4. The molecule has 1 aliphatic rings. The molecule has 1 aliphatic heterocycles. The van der Waals surface area contributed by atoms with Gasteiger partial charge in [0.15, 0.2) is 5.78 Å². The fourth-order valence-corrected chi connectivity index (χ4v) is 5.19. The van der Waals surface area contributed by atoms with Crippen molar-refractivity contribution in [3.05, 3.63) is 65.7 Å². The van der Waals surface area contributed by atoms with E-state index in [1.54, 1.807) is 11.8 Å². The van der Waals surface area contributed by atoms with E-state index in [1.807, 2.05) is 54.6 Å². The van der Waals surface area contributed by atoms with E-state index in [4.69, 9.17) is 0 Å². The lowest BCUT2D eigenvalue weighted by molar-refractivity contribution is 0.0950. The molecule has 2 atom stereocenters. The number of benzene rings is 2.